The largest absolute Gasteiger partial charge is 0.478 e. The van der Waals surface area contributed by atoms with E-state index in [1.54, 1.807) is 12.3 Å². The summed E-state index contributed by atoms with van der Waals surface area (Å²) in [4.78, 5) is 20.3. The summed E-state index contributed by atoms with van der Waals surface area (Å²) in [5.74, 6) is -0.981. The van der Waals surface area contributed by atoms with Gasteiger partial charge in [-0.15, -0.1) is 0 Å². The first-order valence-corrected chi connectivity index (χ1v) is 4.43. The summed E-state index contributed by atoms with van der Waals surface area (Å²) in [6, 6.07) is 7.34. The number of fused-ring (bicyclic) bond motifs is 1. The van der Waals surface area contributed by atoms with Crippen molar-refractivity contribution in [2.75, 3.05) is 0 Å². The first-order valence-electron chi connectivity index (χ1n) is 4.43. The minimum atomic E-state index is -0.981. The summed E-state index contributed by atoms with van der Waals surface area (Å²) in [6.07, 6.45) is 2.47. The van der Waals surface area contributed by atoms with Crippen molar-refractivity contribution in [2.45, 2.75) is 0 Å². The fourth-order valence-corrected chi connectivity index (χ4v) is 1.04. The molecule has 0 aliphatic carbocycles. The van der Waals surface area contributed by atoms with E-state index in [4.69, 9.17) is 5.11 Å². The van der Waals surface area contributed by atoms with Gasteiger partial charge >= 0.3 is 5.97 Å². The standard InChI is InChI=1S/C8H6N2O.C3H4O2/c11-8-7-4-2-1-3-6(7)5-9-10-8;1-2-3(4)5/h1-5H,(H,10,11);2H,1H2,(H,4,5). The van der Waals surface area contributed by atoms with Crippen LogP contribution in [0.5, 0.6) is 0 Å². The average molecular weight is 218 g/mol. The fourth-order valence-electron chi connectivity index (χ4n) is 1.04. The van der Waals surface area contributed by atoms with Gasteiger partial charge in [0.1, 0.15) is 0 Å². The number of aliphatic carboxylic acids is 1. The van der Waals surface area contributed by atoms with Crippen molar-refractivity contribution in [1.29, 1.82) is 0 Å². The molecule has 5 nitrogen and oxygen atoms in total. The molecule has 0 radical (unpaired) electrons. The number of rotatable bonds is 1. The maximum absolute atomic E-state index is 11.1. The number of nitrogens with zero attached hydrogens (tertiary/aromatic N) is 1. The molecule has 0 fully saturated rings. The molecule has 2 aromatic rings. The Labute approximate surface area is 91.0 Å². The van der Waals surface area contributed by atoms with Crippen LogP contribution in [0.15, 0.2) is 47.9 Å². The summed E-state index contributed by atoms with van der Waals surface area (Å²) in [7, 11) is 0. The Morgan fingerprint density at radius 3 is 2.62 bits per heavy atom. The number of hydrogen-bond donors (Lipinski definition) is 2. The van der Waals surface area contributed by atoms with Crippen molar-refractivity contribution in [3.05, 3.63) is 53.5 Å². The van der Waals surface area contributed by atoms with Crippen molar-refractivity contribution in [1.82, 2.24) is 10.2 Å². The van der Waals surface area contributed by atoms with Gasteiger partial charge in [-0.25, -0.2) is 9.89 Å². The normalized spacial score (nSPS) is 9.00. The number of nitrogens with one attached hydrogen (secondary N) is 1. The van der Waals surface area contributed by atoms with Crippen molar-refractivity contribution >= 4 is 16.7 Å². The summed E-state index contributed by atoms with van der Waals surface area (Å²) in [5.41, 5.74) is -0.136. The molecular formula is C11H10N2O3. The third-order valence-electron chi connectivity index (χ3n) is 1.75. The summed E-state index contributed by atoms with van der Waals surface area (Å²) < 4.78 is 0. The van der Waals surface area contributed by atoms with Gasteiger partial charge in [0.2, 0.25) is 0 Å². The van der Waals surface area contributed by atoms with E-state index in [1.165, 1.54) is 0 Å². The highest BCUT2D eigenvalue weighted by Gasteiger charge is 1.93. The van der Waals surface area contributed by atoms with Gasteiger partial charge in [-0.3, -0.25) is 4.79 Å². The molecule has 1 heterocycles. The van der Waals surface area contributed by atoms with Crippen molar-refractivity contribution in [3.63, 3.8) is 0 Å². The molecule has 0 saturated heterocycles. The summed E-state index contributed by atoms with van der Waals surface area (Å²) >= 11 is 0. The van der Waals surface area contributed by atoms with Gasteiger partial charge in [-0.1, -0.05) is 24.8 Å². The highest BCUT2D eigenvalue weighted by molar-refractivity contribution is 5.80. The number of benzene rings is 1. The second kappa shape index (κ2) is 5.45. The lowest BCUT2D eigenvalue weighted by Crippen LogP contribution is -2.06. The molecule has 1 aromatic heterocycles. The van der Waals surface area contributed by atoms with E-state index in [-0.39, 0.29) is 5.56 Å². The quantitative estimate of drug-likeness (QED) is 0.704. The number of carbonyl (C=O) groups is 1. The van der Waals surface area contributed by atoms with E-state index in [1.807, 2.05) is 18.2 Å². The molecule has 0 aliphatic rings. The third kappa shape index (κ3) is 3.06. The van der Waals surface area contributed by atoms with Crippen LogP contribution in [0.1, 0.15) is 0 Å². The molecule has 0 bridgehead atoms. The second-order valence-electron chi connectivity index (χ2n) is 2.83. The molecule has 82 valence electrons. The van der Waals surface area contributed by atoms with Crippen LogP contribution in [0.25, 0.3) is 10.8 Å². The average Bonchev–Trinajstić information content (AvgIpc) is 2.30. The smallest absolute Gasteiger partial charge is 0.327 e. The Bertz CT molecular complexity index is 555. The van der Waals surface area contributed by atoms with E-state index in [0.717, 1.165) is 11.5 Å². The summed E-state index contributed by atoms with van der Waals surface area (Å²) in [6.45, 7) is 2.96. The van der Waals surface area contributed by atoms with Crippen LogP contribution in [-0.2, 0) is 4.79 Å². The Hall–Kier alpha value is -2.43. The zero-order valence-electron chi connectivity index (χ0n) is 8.38. The number of aromatic amines is 1. The highest BCUT2D eigenvalue weighted by Crippen LogP contribution is 2.04. The molecule has 0 atom stereocenters. The molecule has 16 heavy (non-hydrogen) atoms. The molecule has 0 aliphatic heterocycles. The number of carboxylic acid groups (broad SMARTS) is 1. The summed E-state index contributed by atoms with van der Waals surface area (Å²) in [5, 5.41) is 15.2. The molecule has 5 heteroatoms. The predicted molar refractivity (Wildman–Crippen MR) is 60.2 cm³/mol. The van der Waals surface area contributed by atoms with Crippen molar-refractivity contribution in [2.24, 2.45) is 0 Å². The van der Waals surface area contributed by atoms with Crippen LogP contribution >= 0.6 is 0 Å². The lowest BCUT2D eigenvalue weighted by atomic mass is 10.2. The number of H-pyrrole nitrogens is 1. The highest BCUT2D eigenvalue weighted by atomic mass is 16.4. The topological polar surface area (TPSA) is 83.0 Å². The van der Waals surface area contributed by atoms with E-state index in [0.29, 0.717) is 5.39 Å². The van der Waals surface area contributed by atoms with Crippen LogP contribution in [0, 0.1) is 0 Å². The Balaban J connectivity index is 0.000000221. The number of carboxylic acids is 1. The monoisotopic (exact) mass is 218 g/mol. The number of hydrogen-bond acceptors (Lipinski definition) is 3. The van der Waals surface area contributed by atoms with Crippen LogP contribution in [0.2, 0.25) is 0 Å². The van der Waals surface area contributed by atoms with Crippen molar-refractivity contribution < 1.29 is 9.90 Å². The van der Waals surface area contributed by atoms with Gasteiger partial charge < -0.3 is 5.11 Å². The van der Waals surface area contributed by atoms with Gasteiger partial charge in [0.15, 0.2) is 0 Å². The van der Waals surface area contributed by atoms with Crippen molar-refractivity contribution in [3.8, 4) is 0 Å². The van der Waals surface area contributed by atoms with Crippen LogP contribution in [-0.4, -0.2) is 21.3 Å². The Kier molecular flexibility index (Phi) is 3.97. The molecular weight excluding hydrogens is 208 g/mol. The lowest BCUT2D eigenvalue weighted by Gasteiger charge is -1.91. The SMILES string of the molecule is C=CC(=O)O.O=c1[nH]ncc2ccccc12. The Morgan fingerprint density at radius 2 is 2.06 bits per heavy atom. The molecule has 0 spiro atoms. The van der Waals surface area contributed by atoms with E-state index in [2.05, 4.69) is 16.8 Å². The van der Waals surface area contributed by atoms with Crippen LogP contribution in [0.3, 0.4) is 0 Å². The van der Waals surface area contributed by atoms with Gasteiger partial charge in [0, 0.05) is 16.8 Å². The van der Waals surface area contributed by atoms with E-state index >= 15 is 0 Å². The third-order valence-corrected chi connectivity index (χ3v) is 1.75. The lowest BCUT2D eigenvalue weighted by molar-refractivity contribution is -0.131. The molecule has 1 aromatic carbocycles. The molecule has 2 N–H and O–H groups in total. The van der Waals surface area contributed by atoms with E-state index < -0.39 is 5.97 Å². The Morgan fingerprint density at radius 1 is 1.44 bits per heavy atom. The van der Waals surface area contributed by atoms with Gasteiger partial charge in [0.05, 0.1) is 6.20 Å². The zero-order valence-corrected chi connectivity index (χ0v) is 8.38. The maximum atomic E-state index is 11.1. The van der Waals surface area contributed by atoms with E-state index in [9.17, 15) is 9.59 Å². The molecule has 0 unspecified atom stereocenters. The van der Waals surface area contributed by atoms with Gasteiger partial charge in [-0.2, -0.15) is 5.10 Å². The fraction of sp³-hybridized carbons (Fsp3) is 0. The predicted octanol–water partition coefficient (Wildman–Crippen LogP) is 1.18. The van der Waals surface area contributed by atoms with Crippen LogP contribution < -0.4 is 5.56 Å². The van der Waals surface area contributed by atoms with Gasteiger partial charge in [-0.05, 0) is 6.07 Å². The molecule has 0 saturated carbocycles. The molecule has 0 amide bonds. The maximum Gasteiger partial charge on any atom is 0.327 e. The minimum absolute atomic E-state index is 0.136. The minimum Gasteiger partial charge on any atom is -0.478 e. The first kappa shape index (κ1) is 11.6. The van der Waals surface area contributed by atoms with Gasteiger partial charge in [0.25, 0.3) is 5.56 Å². The van der Waals surface area contributed by atoms with Crippen LogP contribution in [0.4, 0.5) is 0 Å². The second-order valence-corrected chi connectivity index (χ2v) is 2.83. The first-order chi connectivity index (χ1) is 7.65. The zero-order chi connectivity index (χ0) is 12.0. The molecule has 2 rings (SSSR count). The number of aromatic nitrogens is 2.